The van der Waals surface area contributed by atoms with Crippen molar-refractivity contribution >= 4 is 39.3 Å². The molecule has 8 heterocycles. The van der Waals surface area contributed by atoms with Crippen molar-refractivity contribution in [3.8, 4) is 50.6 Å². The lowest BCUT2D eigenvalue weighted by Crippen LogP contribution is -2.23. The van der Waals surface area contributed by atoms with Crippen molar-refractivity contribution in [1.82, 2.24) is 34.6 Å². The monoisotopic (exact) mass is 1650 g/mol. The molecule has 11 aromatic rings. The van der Waals surface area contributed by atoms with Crippen LogP contribution in [0.5, 0.6) is 17.2 Å². The number of carbonyl (C=O) groups excluding carboxylic acids is 1. The zero-order chi connectivity index (χ0) is 84.3. The molecule has 3 aliphatic heterocycles. The van der Waals surface area contributed by atoms with E-state index in [4.69, 9.17) is 37.7 Å². The van der Waals surface area contributed by atoms with Crippen LogP contribution in [0.15, 0.2) is 123 Å². The van der Waals surface area contributed by atoms with Crippen molar-refractivity contribution in [2.24, 2.45) is 23.7 Å². The third-order valence-electron chi connectivity index (χ3n) is 21.8. The molecule has 0 radical (unpaired) electrons. The Hall–Kier alpha value is -10.4. The van der Waals surface area contributed by atoms with E-state index in [0.29, 0.717) is 58.7 Å². The van der Waals surface area contributed by atoms with Gasteiger partial charge in [-0.05, 0) is 243 Å². The molecule has 0 unspecified atom stereocenters. The van der Waals surface area contributed by atoms with Gasteiger partial charge in [0.25, 0.3) is 0 Å². The standard InChI is InChI=1S/C29H33F4N3O4.2C29H31F4N3O3/c1-17(14-21-4-7-26(23(30)15-21)39-29(31,32)33)28(37)35-25-16-22(27-18(2)36-40-19(27)3)5-6-24(25)34-11-8-20-9-12-38-13-10-20;2*1-17(14-21-4-7-26(23(30)15-21)38-29(31,32)33)28-34-24-16-22(27-18(2)35-39-19(27)3)5-6-25(24)36(28)11-8-20-9-12-37-13-10-20/h4-7,15-17,20,34H,8-14H2,1-3H3,(H,35,37);2*4-7,15-17,20H,8-14H2,1-3H3/t3*17-/m110/s1. The number of aryl methyl sites for hydroxylation is 8. The Kier molecular flexibility index (Phi) is 28.1. The van der Waals surface area contributed by atoms with Crippen molar-refractivity contribution in [2.75, 3.05) is 56.8 Å². The molecule has 3 aliphatic rings. The summed E-state index contributed by atoms with van der Waals surface area (Å²) < 4.78 is 204. The Morgan fingerprint density at radius 2 is 0.797 bits per heavy atom. The Labute approximate surface area is 674 Å². The van der Waals surface area contributed by atoms with Crippen LogP contribution in [0.3, 0.4) is 0 Å². The molecule has 1 amide bonds. The number of hydrogen-bond acceptors (Lipinski definition) is 16. The average molecular weight is 1650 g/mol. The summed E-state index contributed by atoms with van der Waals surface area (Å²) in [5, 5.41) is 18.6. The van der Waals surface area contributed by atoms with E-state index in [2.05, 4.69) is 61.6 Å². The van der Waals surface area contributed by atoms with Crippen LogP contribution in [0.4, 0.5) is 64.1 Å². The number of benzene rings is 6. The molecule has 5 aromatic heterocycles. The summed E-state index contributed by atoms with van der Waals surface area (Å²) in [6.07, 6.45) is -4.88. The van der Waals surface area contributed by atoms with E-state index >= 15 is 0 Å². The van der Waals surface area contributed by atoms with Crippen molar-refractivity contribution < 1.29 is 99.5 Å². The number of halogens is 12. The molecule has 31 heteroatoms. The molecule has 3 atom stereocenters. The molecular formula is C87H95F12N9O10. The number of carbonyl (C=O) groups is 1. The molecule has 0 spiro atoms. The second-order valence-electron chi connectivity index (χ2n) is 30.7. The Balaban J connectivity index is 0.000000163. The molecule has 3 saturated heterocycles. The highest BCUT2D eigenvalue weighted by atomic mass is 19.4. The van der Waals surface area contributed by atoms with Gasteiger partial charge < -0.3 is 61.8 Å². The first-order chi connectivity index (χ1) is 56.2. The molecule has 3 fully saturated rings. The van der Waals surface area contributed by atoms with Gasteiger partial charge in [0, 0.05) is 93.7 Å². The Morgan fingerprint density at radius 1 is 0.449 bits per heavy atom. The topological polar surface area (TPSA) is 210 Å². The number of ether oxygens (including phenoxy) is 6. The summed E-state index contributed by atoms with van der Waals surface area (Å²) in [5.41, 5.74) is 14.3. The average Bonchev–Trinajstić information content (AvgIpc) is 1.62. The van der Waals surface area contributed by atoms with E-state index in [1.807, 2.05) is 97.9 Å². The lowest BCUT2D eigenvalue weighted by atomic mass is 9.96. The van der Waals surface area contributed by atoms with Crippen LogP contribution in [0, 0.1) is 82.7 Å². The predicted octanol–water partition coefficient (Wildman–Crippen LogP) is 22.1. The molecule has 632 valence electrons. The highest BCUT2D eigenvalue weighted by molar-refractivity contribution is 5.97. The van der Waals surface area contributed by atoms with Crippen molar-refractivity contribution in [1.29, 1.82) is 0 Å². The van der Waals surface area contributed by atoms with Gasteiger partial charge in [-0.2, -0.15) is 0 Å². The van der Waals surface area contributed by atoms with Crippen molar-refractivity contribution in [2.45, 2.75) is 183 Å². The minimum atomic E-state index is -5.00. The molecule has 0 aliphatic carbocycles. The van der Waals surface area contributed by atoms with Gasteiger partial charge in [-0.3, -0.25) is 4.79 Å². The van der Waals surface area contributed by atoms with Gasteiger partial charge in [-0.1, -0.05) is 72.6 Å². The third kappa shape index (κ3) is 22.7. The second-order valence-corrected chi connectivity index (χ2v) is 30.7. The summed E-state index contributed by atoms with van der Waals surface area (Å²) in [6, 6.07) is 28.3. The van der Waals surface area contributed by atoms with Crippen LogP contribution in [0.1, 0.15) is 153 Å². The SMILES string of the molecule is Cc1noc(C)c1-c1ccc(NCCC2CCOCC2)c(NC(=O)[C@H](C)Cc2ccc(OC(F)(F)F)c(F)c2)c1.Cc1noc(C)c1-c1ccc2c(c1)nc([C@@H](C)Cc1ccc(OC(F)(F)F)c(F)c1)n2CCC1CCOCC1.Cc1noc(C)c1-c1ccc2c(c1)nc([C@H](C)Cc1ccc(OC(F)(F)F)c(F)c1)n2CCC1CCOCC1. The van der Waals surface area contributed by atoms with Crippen LogP contribution in [0.25, 0.3) is 55.4 Å². The lowest BCUT2D eigenvalue weighted by Gasteiger charge is -2.23. The number of anilines is 2. The first-order valence-corrected chi connectivity index (χ1v) is 39.5. The van der Waals surface area contributed by atoms with Gasteiger partial charge in [0.05, 0.1) is 50.5 Å². The smallest absolute Gasteiger partial charge is 0.403 e. The van der Waals surface area contributed by atoms with Crippen molar-refractivity contribution in [3.63, 3.8) is 0 Å². The zero-order valence-electron chi connectivity index (χ0n) is 67.0. The summed E-state index contributed by atoms with van der Waals surface area (Å²) in [7, 11) is 0. The number of amides is 1. The summed E-state index contributed by atoms with van der Waals surface area (Å²) >= 11 is 0. The molecule has 14 rings (SSSR count). The van der Waals surface area contributed by atoms with Crippen LogP contribution in [-0.4, -0.2) is 106 Å². The van der Waals surface area contributed by atoms with Crippen LogP contribution < -0.4 is 24.8 Å². The highest BCUT2D eigenvalue weighted by Gasteiger charge is 2.36. The van der Waals surface area contributed by atoms with Crippen LogP contribution in [0.2, 0.25) is 0 Å². The summed E-state index contributed by atoms with van der Waals surface area (Å²) in [6.45, 7) is 23.8. The maximum Gasteiger partial charge on any atom is 0.573 e. The normalized spacial score (nSPS) is 15.5. The quantitative estimate of drug-likeness (QED) is 0.0483. The Bertz CT molecular complexity index is 4960. The number of nitrogens with one attached hydrogen (secondary N) is 2. The van der Waals surface area contributed by atoms with Gasteiger partial charge in [0.15, 0.2) is 34.7 Å². The molecule has 0 saturated carbocycles. The second kappa shape index (κ2) is 38.1. The molecular weight excluding hydrogens is 1560 g/mol. The maximum atomic E-state index is 14.4. The van der Waals surface area contributed by atoms with Gasteiger partial charge in [0.2, 0.25) is 5.91 Å². The molecule has 2 N–H and O–H groups in total. The van der Waals surface area contributed by atoms with E-state index in [0.717, 1.165) is 255 Å². The number of imidazole rings is 2. The number of alkyl halides is 9. The maximum absolute atomic E-state index is 14.4. The largest absolute Gasteiger partial charge is 0.573 e. The number of aromatic nitrogens is 7. The molecule has 0 bridgehead atoms. The fraction of sp³-hybridized carbons (Fsp3) is 0.448. The summed E-state index contributed by atoms with van der Waals surface area (Å²) in [4.78, 5) is 23.2. The Morgan fingerprint density at radius 3 is 1.14 bits per heavy atom. The third-order valence-corrected chi connectivity index (χ3v) is 21.8. The lowest BCUT2D eigenvalue weighted by molar-refractivity contribution is -0.276. The summed E-state index contributed by atoms with van der Waals surface area (Å²) in [5.74, 6) is -1.46. The number of fused-ring (bicyclic) bond motifs is 2. The van der Waals surface area contributed by atoms with Gasteiger partial charge in [0.1, 0.15) is 28.9 Å². The van der Waals surface area contributed by atoms with Gasteiger partial charge in [-0.25, -0.2) is 23.1 Å². The van der Waals surface area contributed by atoms with E-state index < -0.39 is 59.7 Å². The van der Waals surface area contributed by atoms with Gasteiger partial charge in [-0.15, -0.1) is 39.5 Å². The minimum absolute atomic E-state index is 0.116. The zero-order valence-corrected chi connectivity index (χ0v) is 67.0. The van der Waals surface area contributed by atoms with Crippen molar-refractivity contribution in [3.05, 3.63) is 189 Å². The first-order valence-electron chi connectivity index (χ1n) is 39.5. The minimum Gasteiger partial charge on any atom is -0.403 e. The highest BCUT2D eigenvalue weighted by Crippen LogP contribution is 2.40. The van der Waals surface area contributed by atoms with E-state index in [9.17, 15) is 57.5 Å². The van der Waals surface area contributed by atoms with Gasteiger partial charge >= 0.3 is 19.1 Å². The van der Waals surface area contributed by atoms with E-state index in [1.54, 1.807) is 6.92 Å². The number of rotatable bonds is 26. The fourth-order valence-electron chi connectivity index (χ4n) is 15.8. The number of nitrogens with zero attached hydrogens (tertiary/aromatic N) is 7. The van der Waals surface area contributed by atoms with Crippen LogP contribution in [-0.2, 0) is 51.4 Å². The van der Waals surface area contributed by atoms with E-state index in [1.165, 1.54) is 18.2 Å². The van der Waals surface area contributed by atoms with E-state index in [-0.39, 0.29) is 24.2 Å². The van der Waals surface area contributed by atoms with Crippen LogP contribution >= 0.6 is 0 Å². The predicted molar refractivity (Wildman–Crippen MR) is 419 cm³/mol. The first kappa shape index (κ1) is 86.9. The molecule has 6 aromatic carbocycles. The molecule has 19 nitrogen and oxygen atoms in total. The number of hydrogen-bond donors (Lipinski definition) is 2. The fourth-order valence-corrected chi connectivity index (χ4v) is 15.8. The molecule has 118 heavy (non-hydrogen) atoms.